The van der Waals surface area contributed by atoms with E-state index in [1.165, 1.54) is 0 Å². The molecule has 0 N–H and O–H groups in total. The summed E-state index contributed by atoms with van der Waals surface area (Å²) in [5, 5.41) is 4.10. The SMILES string of the molecule is [C-]#[N+]c1nc2cc(-c3ccc(-c4ccc(-c5nc(-c6ccccc6)nc(-c6ccccc6)n5)cc4)c4ccccc34)c3c4ccccc4oc3c2o1. The van der Waals surface area contributed by atoms with Crippen LogP contribution in [0.4, 0.5) is 6.01 Å². The zero-order valence-corrected chi connectivity index (χ0v) is 27.5. The molecule has 0 aliphatic carbocycles. The summed E-state index contributed by atoms with van der Waals surface area (Å²) in [6.07, 6.45) is 0. The maximum atomic E-state index is 7.50. The molecule has 7 nitrogen and oxygen atoms in total. The van der Waals surface area contributed by atoms with Gasteiger partial charge >= 0.3 is 6.01 Å². The van der Waals surface area contributed by atoms with Gasteiger partial charge < -0.3 is 13.7 Å². The highest BCUT2D eigenvalue weighted by Crippen LogP contribution is 2.45. The highest BCUT2D eigenvalue weighted by molar-refractivity contribution is 6.22. The lowest BCUT2D eigenvalue weighted by Crippen LogP contribution is -2.00. The van der Waals surface area contributed by atoms with Crippen molar-refractivity contribution in [3.05, 3.63) is 163 Å². The van der Waals surface area contributed by atoms with Gasteiger partial charge in [0.05, 0.1) is 0 Å². The molecule has 0 aliphatic rings. The van der Waals surface area contributed by atoms with Crippen molar-refractivity contribution < 1.29 is 8.83 Å². The van der Waals surface area contributed by atoms with E-state index in [0.717, 1.165) is 66.1 Å². The molecule has 0 unspecified atom stereocenters. The topological polar surface area (TPSA) is 82.2 Å². The van der Waals surface area contributed by atoms with Crippen molar-refractivity contribution in [3.8, 4) is 56.4 Å². The van der Waals surface area contributed by atoms with Crippen LogP contribution >= 0.6 is 0 Å². The van der Waals surface area contributed by atoms with Gasteiger partial charge in [-0.05, 0) is 39.1 Å². The summed E-state index contributed by atoms with van der Waals surface area (Å²) in [6.45, 7) is 7.50. The summed E-state index contributed by atoms with van der Waals surface area (Å²) < 4.78 is 12.2. The molecule has 0 saturated carbocycles. The average molecular weight is 668 g/mol. The van der Waals surface area contributed by atoms with Crippen LogP contribution in [0.1, 0.15) is 0 Å². The van der Waals surface area contributed by atoms with E-state index < -0.39 is 0 Å². The van der Waals surface area contributed by atoms with Gasteiger partial charge in [0.15, 0.2) is 23.1 Å². The van der Waals surface area contributed by atoms with Gasteiger partial charge in [-0.1, -0.05) is 151 Å². The maximum absolute atomic E-state index is 7.50. The van der Waals surface area contributed by atoms with E-state index in [1.807, 2.05) is 84.9 Å². The lowest BCUT2D eigenvalue weighted by Gasteiger charge is -2.13. The van der Waals surface area contributed by atoms with Gasteiger partial charge in [-0.3, -0.25) is 0 Å². The van der Waals surface area contributed by atoms with Crippen LogP contribution in [-0.4, -0.2) is 19.9 Å². The molecule has 10 rings (SSSR count). The fourth-order valence-corrected chi connectivity index (χ4v) is 7.04. The summed E-state index contributed by atoms with van der Waals surface area (Å²) in [4.78, 5) is 22.6. The molecule has 10 aromatic rings. The molecule has 3 aromatic heterocycles. The minimum absolute atomic E-state index is 0.0118. The number of benzene rings is 7. The van der Waals surface area contributed by atoms with Crippen LogP contribution in [0.3, 0.4) is 0 Å². The Bertz CT molecular complexity index is 2960. The monoisotopic (exact) mass is 667 g/mol. The van der Waals surface area contributed by atoms with Crippen molar-refractivity contribution in [2.24, 2.45) is 0 Å². The summed E-state index contributed by atoms with van der Waals surface area (Å²) in [5.74, 6) is 1.87. The van der Waals surface area contributed by atoms with Gasteiger partial charge in [-0.25, -0.2) is 15.0 Å². The normalized spacial score (nSPS) is 11.4. The van der Waals surface area contributed by atoms with Crippen LogP contribution in [0.25, 0.3) is 105 Å². The number of furan rings is 1. The zero-order valence-electron chi connectivity index (χ0n) is 27.5. The summed E-state index contributed by atoms with van der Waals surface area (Å²) in [7, 11) is 0. The van der Waals surface area contributed by atoms with Gasteiger partial charge in [-0.2, -0.15) is 0 Å². The van der Waals surface area contributed by atoms with Crippen molar-refractivity contribution in [1.82, 2.24) is 19.9 Å². The Morgan fingerprint density at radius 2 is 0.942 bits per heavy atom. The number of hydrogen-bond donors (Lipinski definition) is 0. The van der Waals surface area contributed by atoms with Gasteiger partial charge in [-0.15, -0.1) is 0 Å². The van der Waals surface area contributed by atoms with Crippen LogP contribution in [0, 0.1) is 6.57 Å². The molecule has 7 heteroatoms. The Morgan fingerprint density at radius 1 is 0.423 bits per heavy atom. The summed E-state index contributed by atoms with van der Waals surface area (Å²) in [6, 6.07) is 51.1. The lowest BCUT2D eigenvalue weighted by molar-refractivity contribution is 0.612. The molecule has 52 heavy (non-hydrogen) atoms. The standard InChI is InChI=1S/C45H25N5O2/c1-46-45-47-37-26-36(39-35-18-10-11-19-38(35)51-41(39)40(37)52-45)34-25-24-31(32-16-8-9-17-33(32)34)27-20-22-30(23-21-27)44-49-42(28-12-4-2-5-13-28)48-43(50-44)29-14-6-3-7-15-29/h2-26H. The number of fused-ring (bicyclic) bond motifs is 6. The molecule has 7 aromatic carbocycles. The second-order valence-electron chi connectivity index (χ2n) is 12.5. The summed E-state index contributed by atoms with van der Waals surface area (Å²) in [5.41, 5.74) is 9.33. The quantitative estimate of drug-likeness (QED) is 0.170. The van der Waals surface area contributed by atoms with Gasteiger partial charge in [0.2, 0.25) is 11.1 Å². The number of nitrogens with zero attached hydrogens (tertiary/aromatic N) is 5. The lowest BCUT2D eigenvalue weighted by atomic mass is 9.90. The molecule has 0 radical (unpaired) electrons. The molecule has 0 amide bonds. The van der Waals surface area contributed by atoms with Gasteiger partial charge in [0.25, 0.3) is 0 Å². The molecule has 3 heterocycles. The fraction of sp³-hybridized carbons (Fsp3) is 0. The molecule has 242 valence electrons. The Morgan fingerprint density at radius 3 is 1.58 bits per heavy atom. The number of rotatable bonds is 5. The van der Waals surface area contributed by atoms with E-state index in [-0.39, 0.29) is 6.01 Å². The number of aromatic nitrogens is 4. The highest BCUT2D eigenvalue weighted by Gasteiger charge is 2.23. The van der Waals surface area contributed by atoms with Crippen molar-refractivity contribution in [3.63, 3.8) is 0 Å². The van der Waals surface area contributed by atoms with Crippen LogP contribution in [0.15, 0.2) is 160 Å². The Balaban J connectivity index is 1.11. The van der Waals surface area contributed by atoms with Crippen LogP contribution in [0.5, 0.6) is 0 Å². The molecule has 0 spiro atoms. The third-order valence-electron chi connectivity index (χ3n) is 9.46. The first-order valence-electron chi connectivity index (χ1n) is 16.8. The number of hydrogen-bond acceptors (Lipinski definition) is 6. The Labute approximate surface area is 297 Å². The van der Waals surface area contributed by atoms with E-state index in [9.17, 15) is 0 Å². The van der Waals surface area contributed by atoms with E-state index in [0.29, 0.717) is 34.2 Å². The Kier molecular flexibility index (Phi) is 6.73. The predicted molar refractivity (Wildman–Crippen MR) is 206 cm³/mol. The van der Waals surface area contributed by atoms with Crippen molar-refractivity contribution in [2.75, 3.05) is 0 Å². The predicted octanol–water partition coefficient (Wildman–Crippen LogP) is 12.0. The molecule has 0 bridgehead atoms. The van der Waals surface area contributed by atoms with Crippen LogP contribution < -0.4 is 0 Å². The maximum Gasteiger partial charge on any atom is 0.450 e. The number of oxazole rings is 1. The smallest absolute Gasteiger partial charge is 0.450 e. The third kappa shape index (κ3) is 4.82. The molecule has 0 aliphatic heterocycles. The fourth-order valence-electron chi connectivity index (χ4n) is 7.04. The van der Waals surface area contributed by atoms with Gasteiger partial charge in [0, 0.05) is 33.5 Å². The minimum atomic E-state index is -0.0118. The zero-order chi connectivity index (χ0) is 34.6. The molecular weight excluding hydrogens is 643 g/mol. The van der Waals surface area contributed by atoms with E-state index in [4.69, 9.17) is 30.4 Å². The molecule has 0 saturated heterocycles. The number of para-hydroxylation sites is 1. The van der Waals surface area contributed by atoms with Crippen LogP contribution in [0.2, 0.25) is 0 Å². The van der Waals surface area contributed by atoms with E-state index in [2.05, 4.69) is 76.6 Å². The largest absolute Gasteiger partial charge is 0.457 e. The average Bonchev–Trinajstić information content (AvgIpc) is 3.83. The molecule has 0 atom stereocenters. The second-order valence-corrected chi connectivity index (χ2v) is 12.5. The molecular formula is C45H25N5O2. The third-order valence-corrected chi connectivity index (χ3v) is 9.46. The van der Waals surface area contributed by atoms with Crippen molar-refractivity contribution >= 4 is 49.8 Å². The minimum Gasteiger partial charge on any atom is -0.457 e. The first-order chi connectivity index (χ1) is 25.7. The van der Waals surface area contributed by atoms with Crippen molar-refractivity contribution in [2.45, 2.75) is 0 Å². The first-order valence-corrected chi connectivity index (χ1v) is 16.8. The van der Waals surface area contributed by atoms with Gasteiger partial charge in [0.1, 0.15) is 5.58 Å². The summed E-state index contributed by atoms with van der Waals surface area (Å²) >= 11 is 0. The molecule has 0 fully saturated rings. The van der Waals surface area contributed by atoms with E-state index >= 15 is 0 Å². The first kappa shape index (κ1) is 29.5. The van der Waals surface area contributed by atoms with E-state index in [1.54, 1.807) is 0 Å². The Hall–Kier alpha value is -7.43. The highest BCUT2D eigenvalue weighted by atomic mass is 16.4. The van der Waals surface area contributed by atoms with Crippen LogP contribution in [-0.2, 0) is 0 Å². The van der Waals surface area contributed by atoms with Crippen molar-refractivity contribution in [1.29, 1.82) is 0 Å². The second kappa shape index (κ2) is 11.9.